The molecule has 1 fully saturated rings. The second kappa shape index (κ2) is 9.05. The molecule has 3 nitrogen and oxygen atoms in total. The molecular weight excluding hydrogens is 348 g/mol. The number of allylic oxidation sites excluding steroid dienone is 1. The van der Waals surface area contributed by atoms with Crippen LogP contribution in [0.1, 0.15) is 69.9 Å². The van der Waals surface area contributed by atoms with Crippen LogP contribution in [-0.4, -0.2) is 27.7 Å². The molecule has 1 aliphatic carbocycles. The fraction of sp³-hybridized carbons (Fsp3) is 0.591. The van der Waals surface area contributed by atoms with Gasteiger partial charge < -0.3 is 10.2 Å². The second-order valence-corrected chi connectivity index (χ2v) is 8.97. The molecule has 2 rings (SSSR count). The minimum Gasteiger partial charge on any atom is -0.478 e. The number of carboxylic acids is 1. The fourth-order valence-electron chi connectivity index (χ4n) is 3.92. The Morgan fingerprint density at radius 3 is 2.46 bits per heavy atom. The Labute approximate surface area is 162 Å². The van der Waals surface area contributed by atoms with Crippen molar-refractivity contribution >= 4 is 17.6 Å². The lowest BCUT2D eigenvalue weighted by atomic mass is 9.81. The summed E-state index contributed by atoms with van der Waals surface area (Å²) in [6, 6.07) is 8.62. The summed E-state index contributed by atoms with van der Waals surface area (Å²) in [6.07, 6.45) is 6.79. The zero-order valence-corrected chi connectivity index (χ0v) is 16.7. The van der Waals surface area contributed by atoms with Crippen molar-refractivity contribution in [1.82, 2.24) is 0 Å². The summed E-state index contributed by atoms with van der Waals surface area (Å²) >= 11 is 6.55. The summed E-state index contributed by atoms with van der Waals surface area (Å²) in [4.78, 5) is 10.5. The Morgan fingerprint density at radius 2 is 1.88 bits per heavy atom. The van der Waals surface area contributed by atoms with Crippen molar-refractivity contribution < 1.29 is 15.0 Å². The van der Waals surface area contributed by atoms with Gasteiger partial charge in [-0.15, -0.1) is 11.6 Å². The van der Waals surface area contributed by atoms with Gasteiger partial charge in [0.05, 0.1) is 6.10 Å². The number of alkyl halides is 1. The number of rotatable bonds is 7. The molecule has 0 radical (unpaired) electrons. The molecule has 0 heterocycles. The van der Waals surface area contributed by atoms with Crippen LogP contribution in [0.25, 0.3) is 0 Å². The van der Waals surface area contributed by atoms with Gasteiger partial charge in [-0.1, -0.05) is 57.5 Å². The van der Waals surface area contributed by atoms with Crippen molar-refractivity contribution in [2.45, 2.75) is 75.7 Å². The Morgan fingerprint density at radius 1 is 1.23 bits per heavy atom. The van der Waals surface area contributed by atoms with Gasteiger partial charge in [-0.3, -0.25) is 0 Å². The van der Waals surface area contributed by atoms with Crippen molar-refractivity contribution in [2.75, 3.05) is 0 Å². The lowest BCUT2D eigenvalue weighted by Gasteiger charge is -2.25. The number of benzene rings is 1. The largest absolute Gasteiger partial charge is 0.478 e. The number of aliphatic carboxylic acids is 1. The van der Waals surface area contributed by atoms with Crippen LogP contribution in [0.15, 0.2) is 36.4 Å². The zero-order valence-electron chi connectivity index (χ0n) is 16.0. The number of unbranched alkanes of at least 4 members (excludes halogenated alkanes) is 2. The first-order valence-electron chi connectivity index (χ1n) is 9.52. The van der Waals surface area contributed by atoms with Crippen LogP contribution < -0.4 is 0 Å². The van der Waals surface area contributed by atoms with Crippen LogP contribution in [0.5, 0.6) is 0 Å². The summed E-state index contributed by atoms with van der Waals surface area (Å²) in [5.41, 5.74) is 2.58. The van der Waals surface area contributed by atoms with Gasteiger partial charge >= 0.3 is 5.97 Å². The normalized spacial score (nSPS) is 26.5. The first kappa shape index (κ1) is 21.0. The summed E-state index contributed by atoms with van der Waals surface area (Å²) < 4.78 is 0. The fourth-order valence-corrected chi connectivity index (χ4v) is 4.39. The van der Waals surface area contributed by atoms with Gasteiger partial charge in [0.2, 0.25) is 0 Å². The molecule has 0 spiro atoms. The lowest BCUT2D eigenvalue weighted by molar-refractivity contribution is -0.131. The van der Waals surface area contributed by atoms with E-state index in [1.165, 1.54) is 17.2 Å². The van der Waals surface area contributed by atoms with Gasteiger partial charge in [0.15, 0.2) is 0 Å². The molecule has 4 heteroatoms. The Kier molecular flexibility index (Phi) is 7.31. The molecule has 26 heavy (non-hydrogen) atoms. The highest BCUT2D eigenvalue weighted by Crippen LogP contribution is 2.45. The predicted octanol–water partition coefficient (Wildman–Crippen LogP) is 5.26. The van der Waals surface area contributed by atoms with Gasteiger partial charge in [-0.25, -0.2) is 4.79 Å². The van der Waals surface area contributed by atoms with E-state index in [0.29, 0.717) is 6.42 Å². The Balaban J connectivity index is 2.00. The number of halogens is 1. The summed E-state index contributed by atoms with van der Waals surface area (Å²) in [6.45, 7) is 6.59. The molecule has 0 unspecified atom stereocenters. The van der Waals surface area contributed by atoms with Gasteiger partial charge in [0.25, 0.3) is 0 Å². The maximum atomic E-state index is 10.6. The maximum Gasteiger partial charge on any atom is 0.327 e. The van der Waals surface area contributed by atoms with Gasteiger partial charge in [0.1, 0.15) is 0 Å². The van der Waals surface area contributed by atoms with Gasteiger partial charge in [0, 0.05) is 17.4 Å². The summed E-state index contributed by atoms with van der Waals surface area (Å²) in [5, 5.41) is 19.2. The minimum absolute atomic E-state index is 0.00754. The van der Waals surface area contributed by atoms with Crippen LogP contribution in [0.4, 0.5) is 0 Å². The molecule has 0 aromatic heterocycles. The van der Waals surface area contributed by atoms with Crippen molar-refractivity contribution in [2.24, 2.45) is 5.92 Å². The molecule has 2 N–H and O–H groups in total. The quantitative estimate of drug-likeness (QED) is 0.386. The molecule has 1 saturated carbocycles. The van der Waals surface area contributed by atoms with Crippen molar-refractivity contribution in [1.29, 1.82) is 0 Å². The average molecular weight is 379 g/mol. The topological polar surface area (TPSA) is 57.5 Å². The highest BCUT2D eigenvalue weighted by Gasteiger charge is 2.41. The van der Waals surface area contributed by atoms with Crippen molar-refractivity contribution in [3.8, 4) is 0 Å². The number of hydrogen-bond donors (Lipinski definition) is 2. The molecular formula is C22H31ClO3. The minimum atomic E-state index is -0.900. The number of carboxylic acid groups (broad SMARTS) is 1. The zero-order chi connectivity index (χ0) is 19.3. The van der Waals surface area contributed by atoms with E-state index in [4.69, 9.17) is 16.7 Å². The maximum absolute atomic E-state index is 10.6. The van der Waals surface area contributed by atoms with Crippen molar-refractivity contribution in [3.63, 3.8) is 0 Å². The molecule has 0 bridgehead atoms. The van der Waals surface area contributed by atoms with E-state index in [1.807, 2.05) is 0 Å². The molecule has 1 aromatic carbocycles. The smallest absolute Gasteiger partial charge is 0.327 e. The molecule has 1 aliphatic rings. The number of aliphatic hydroxyl groups is 1. The van der Waals surface area contributed by atoms with Gasteiger partial charge in [-0.05, 0) is 48.1 Å². The summed E-state index contributed by atoms with van der Waals surface area (Å²) in [7, 11) is 0. The van der Waals surface area contributed by atoms with Crippen molar-refractivity contribution in [3.05, 3.63) is 47.5 Å². The number of carbonyl (C=O) groups is 1. The van der Waals surface area contributed by atoms with Crippen LogP contribution in [0, 0.1) is 5.92 Å². The van der Waals surface area contributed by atoms with E-state index in [0.717, 1.165) is 25.7 Å². The van der Waals surface area contributed by atoms with E-state index >= 15 is 0 Å². The van der Waals surface area contributed by atoms with E-state index in [9.17, 15) is 9.90 Å². The lowest BCUT2D eigenvalue weighted by Crippen LogP contribution is -2.19. The highest BCUT2D eigenvalue weighted by molar-refractivity contribution is 6.21. The molecule has 144 valence electrons. The van der Waals surface area contributed by atoms with E-state index < -0.39 is 12.1 Å². The predicted molar refractivity (Wildman–Crippen MR) is 107 cm³/mol. The van der Waals surface area contributed by atoms with E-state index in [-0.39, 0.29) is 22.6 Å². The van der Waals surface area contributed by atoms with Crippen LogP contribution in [0.3, 0.4) is 0 Å². The second-order valence-electron chi connectivity index (χ2n) is 8.41. The third kappa shape index (κ3) is 5.59. The third-order valence-electron chi connectivity index (χ3n) is 5.39. The molecule has 0 aliphatic heterocycles. The molecule has 1 aromatic rings. The Hall–Kier alpha value is -1.32. The molecule has 0 saturated heterocycles. The third-order valence-corrected chi connectivity index (χ3v) is 5.89. The van der Waals surface area contributed by atoms with E-state index in [1.54, 1.807) is 6.08 Å². The van der Waals surface area contributed by atoms with E-state index in [2.05, 4.69) is 45.0 Å². The highest BCUT2D eigenvalue weighted by atomic mass is 35.5. The summed E-state index contributed by atoms with van der Waals surface area (Å²) in [5.74, 6) is -0.555. The number of aliphatic hydroxyl groups excluding tert-OH is 1. The molecule has 4 atom stereocenters. The first-order chi connectivity index (χ1) is 12.2. The standard InChI is InChI=1S/C22H31ClO3/c1-22(2,3)16-12-10-15(11-13-16)21-17(18(23)14-19(21)24)8-6-4-5-7-9-20(25)26/h7,9-13,17-19,21,24H,4-6,8,14H2,1-3H3,(H,25,26)/b9-7-/t17-,18+,19+,21+/m0/s1. The SMILES string of the molecule is CC(C)(C)c1ccc([C@@H]2[C@@H](CCCC/C=C\C(=O)O)[C@H](Cl)C[C@H]2O)cc1. The first-order valence-corrected chi connectivity index (χ1v) is 9.96. The molecule has 0 amide bonds. The average Bonchev–Trinajstić information content (AvgIpc) is 2.83. The number of hydrogen-bond acceptors (Lipinski definition) is 2. The van der Waals surface area contributed by atoms with Crippen LogP contribution in [-0.2, 0) is 10.2 Å². The van der Waals surface area contributed by atoms with Gasteiger partial charge in [-0.2, -0.15) is 0 Å². The van der Waals surface area contributed by atoms with Crippen LogP contribution in [0.2, 0.25) is 0 Å². The monoisotopic (exact) mass is 378 g/mol. The Bertz CT molecular complexity index is 615. The van der Waals surface area contributed by atoms with Crippen LogP contribution >= 0.6 is 11.6 Å².